The molecule has 0 radical (unpaired) electrons. The fraction of sp³-hybridized carbons (Fsp3) is 0.143. The summed E-state index contributed by atoms with van der Waals surface area (Å²) in [7, 11) is 0. The van der Waals surface area contributed by atoms with Gasteiger partial charge in [0.2, 0.25) is 0 Å². The van der Waals surface area contributed by atoms with Crippen LogP contribution in [0.2, 0.25) is 0 Å². The lowest BCUT2D eigenvalue weighted by Gasteiger charge is -1.85. The number of aromatic carboxylic acids is 1. The number of rotatable bonds is 2. The molecule has 0 bridgehead atoms. The molecule has 0 unspecified atom stereocenters. The number of aryl methyl sites for hydroxylation is 1. The van der Waals surface area contributed by atoms with Gasteiger partial charge in [0, 0.05) is 11.3 Å². The first-order valence-electron chi connectivity index (χ1n) is 3.25. The van der Waals surface area contributed by atoms with Crippen LogP contribution in [-0.4, -0.2) is 27.5 Å². The number of H-pyrrole nitrogens is 1. The van der Waals surface area contributed by atoms with Gasteiger partial charge in [-0.25, -0.2) is 4.79 Å². The summed E-state index contributed by atoms with van der Waals surface area (Å²) in [4.78, 5) is 13.1. The van der Waals surface area contributed by atoms with Crippen LogP contribution < -0.4 is 0 Å². The molecule has 0 amide bonds. The third-order valence-electron chi connectivity index (χ3n) is 1.48. The largest absolute Gasteiger partial charge is 0.477 e. The highest BCUT2D eigenvalue weighted by atomic mass is 16.4. The third kappa shape index (κ3) is 1.45. The number of carboxylic acids is 1. The van der Waals surface area contributed by atoms with Gasteiger partial charge in [-0.05, 0) is 13.0 Å². The summed E-state index contributed by atoms with van der Waals surface area (Å²) in [6, 6.07) is 1.40. The van der Waals surface area contributed by atoms with E-state index in [0.29, 0.717) is 11.3 Å². The second-order valence-electron chi connectivity index (χ2n) is 2.31. The van der Waals surface area contributed by atoms with E-state index in [1.807, 2.05) is 0 Å². The van der Waals surface area contributed by atoms with E-state index in [1.165, 1.54) is 12.3 Å². The van der Waals surface area contributed by atoms with Crippen molar-refractivity contribution in [2.45, 2.75) is 6.92 Å². The molecular formula is C7H8N2O3. The lowest BCUT2D eigenvalue weighted by molar-refractivity contribution is 0.0691. The topological polar surface area (TPSA) is 85.7 Å². The lowest BCUT2D eigenvalue weighted by atomic mass is 10.3. The zero-order valence-electron chi connectivity index (χ0n) is 6.40. The minimum absolute atomic E-state index is 0.0856. The Balaban J connectivity index is 3.08. The Kier molecular flexibility index (Phi) is 2.14. The molecule has 0 fully saturated rings. The molecule has 1 heterocycles. The first-order valence-corrected chi connectivity index (χ1v) is 3.25. The van der Waals surface area contributed by atoms with Crippen LogP contribution in [0.4, 0.5) is 0 Å². The van der Waals surface area contributed by atoms with E-state index in [-0.39, 0.29) is 5.69 Å². The van der Waals surface area contributed by atoms with Crippen LogP contribution in [0.25, 0.3) is 0 Å². The number of nitrogens with one attached hydrogen (secondary N) is 1. The molecule has 1 aromatic heterocycles. The van der Waals surface area contributed by atoms with Crippen LogP contribution in [-0.2, 0) is 0 Å². The molecule has 0 aliphatic carbocycles. The standard InChI is InChI=1S/C7H8N2O3/c1-4-5(3-8-12)2-6(9-4)7(10)11/h2-3,9,12H,1H3,(H,10,11). The molecule has 0 saturated carbocycles. The predicted molar refractivity (Wildman–Crippen MR) is 41.9 cm³/mol. The number of oxime groups is 1. The van der Waals surface area contributed by atoms with Crippen LogP contribution >= 0.6 is 0 Å². The minimum atomic E-state index is -1.03. The Bertz CT molecular complexity index is 327. The molecule has 0 atom stereocenters. The van der Waals surface area contributed by atoms with Gasteiger partial charge < -0.3 is 15.3 Å². The molecule has 0 aliphatic heterocycles. The minimum Gasteiger partial charge on any atom is -0.477 e. The molecule has 1 aromatic rings. The normalized spacial score (nSPS) is 10.8. The number of hydrogen-bond acceptors (Lipinski definition) is 3. The van der Waals surface area contributed by atoms with E-state index in [1.54, 1.807) is 6.92 Å². The van der Waals surface area contributed by atoms with Crippen molar-refractivity contribution in [3.05, 3.63) is 23.0 Å². The van der Waals surface area contributed by atoms with Gasteiger partial charge >= 0.3 is 5.97 Å². The highest BCUT2D eigenvalue weighted by molar-refractivity contribution is 5.90. The fourth-order valence-corrected chi connectivity index (χ4v) is 0.886. The van der Waals surface area contributed by atoms with Crippen LogP contribution in [0.3, 0.4) is 0 Å². The maximum atomic E-state index is 10.4. The summed E-state index contributed by atoms with van der Waals surface area (Å²) in [6.45, 7) is 1.70. The first-order chi connectivity index (χ1) is 5.65. The SMILES string of the molecule is Cc1[nH]c(C(=O)O)cc1C=NO. The van der Waals surface area contributed by atoms with Crippen molar-refractivity contribution >= 4 is 12.2 Å². The highest BCUT2D eigenvalue weighted by Crippen LogP contribution is 2.07. The summed E-state index contributed by atoms with van der Waals surface area (Å²) < 4.78 is 0. The second-order valence-corrected chi connectivity index (χ2v) is 2.31. The quantitative estimate of drug-likeness (QED) is 0.347. The maximum absolute atomic E-state index is 10.4. The van der Waals surface area contributed by atoms with Gasteiger partial charge in [-0.3, -0.25) is 0 Å². The first kappa shape index (κ1) is 8.32. The molecule has 0 aliphatic rings. The van der Waals surface area contributed by atoms with Crippen LogP contribution in [0.1, 0.15) is 21.7 Å². The monoisotopic (exact) mass is 168 g/mol. The van der Waals surface area contributed by atoms with Gasteiger partial charge in [-0.1, -0.05) is 5.16 Å². The average molecular weight is 168 g/mol. The van der Waals surface area contributed by atoms with Crippen molar-refractivity contribution in [3.8, 4) is 0 Å². The molecular weight excluding hydrogens is 160 g/mol. The summed E-state index contributed by atoms with van der Waals surface area (Å²) in [5, 5.41) is 19.6. The zero-order valence-corrected chi connectivity index (χ0v) is 6.40. The Morgan fingerprint density at radius 2 is 2.42 bits per heavy atom. The zero-order chi connectivity index (χ0) is 9.14. The van der Waals surface area contributed by atoms with Gasteiger partial charge in [0.1, 0.15) is 5.69 Å². The summed E-state index contributed by atoms with van der Waals surface area (Å²) in [5.41, 5.74) is 1.31. The van der Waals surface area contributed by atoms with Gasteiger partial charge in [-0.2, -0.15) is 0 Å². The number of hydrogen-bond donors (Lipinski definition) is 3. The average Bonchev–Trinajstić information content (AvgIpc) is 2.34. The van der Waals surface area contributed by atoms with E-state index < -0.39 is 5.97 Å². The smallest absolute Gasteiger partial charge is 0.352 e. The summed E-state index contributed by atoms with van der Waals surface area (Å²) >= 11 is 0. The van der Waals surface area contributed by atoms with Crippen molar-refractivity contribution in [1.29, 1.82) is 0 Å². The second kappa shape index (κ2) is 3.08. The third-order valence-corrected chi connectivity index (χ3v) is 1.48. The maximum Gasteiger partial charge on any atom is 0.352 e. The van der Waals surface area contributed by atoms with Crippen molar-refractivity contribution < 1.29 is 15.1 Å². The Hall–Kier alpha value is -1.78. The number of aromatic nitrogens is 1. The van der Waals surface area contributed by atoms with E-state index in [2.05, 4.69) is 10.1 Å². The van der Waals surface area contributed by atoms with Gasteiger partial charge in [0.15, 0.2) is 0 Å². The fourth-order valence-electron chi connectivity index (χ4n) is 0.886. The van der Waals surface area contributed by atoms with E-state index in [9.17, 15) is 4.79 Å². The van der Waals surface area contributed by atoms with Crippen LogP contribution in [0.5, 0.6) is 0 Å². The van der Waals surface area contributed by atoms with Crippen molar-refractivity contribution in [2.24, 2.45) is 5.16 Å². The number of aromatic amines is 1. The van der Waals surface area contributed by atoms with Crippen LogP contribution in [0.15, 0.2) is 11.2 Å². The number of carboxylic acid groups (broad SMARTS) is 1. The summed E-state index contributed by atoms with van der Waals surface area (Å²) in [5.74, 6) is -1.03. The molecule has 3 N–H and O–H groups in total. The van der Waals surface area contributed by atoms with Crippen molar-refractivity contribution in [1.82, 2.24) is 4.98 Å². The van der Waals surface area contributed by atoms with Crippen LogP contribution in [0, 0.1) is 6.92 Å². The Morgan fingerprint density at radius 3 is 2.83 bits per heavy atom. The molecule has 5 heteroatoms. The number of carbonyl (C=O) groups is 1. The van der Waals surface area contributed by atoms with E-state index >= 15 is 0 Å². The molecule has 12 heavy (non-hydrogen) atoms. The Labute approximate surface area is 68.3 Å². The van der Waals surface area contributed by atoms with E-state index in [4.69, 9.17) is 10.3 Å². The van der Waals surface area contributed by atoms with Crippen molar-refractivity contribution in [2.75, 3.05) is 0 Å². The lowest BCUT2D eigenvalue weighted by Crippen LogP contribution is -1.95. The molecule has 64 valence electrons. The van der Waals surface area contributed by atoms with E-state index in [0.717, 1.165) is 0 Å². The van der Waals surface area contributed by atoms with Gasteiger partial charge in [0.05, 0.1) is 6.21 Å². The predicted octanol–water partition coefficient (Wildman–Crippen LogP) is 0.829. The Morgan fingerprint density at radius 1 is 1.75 bits per heavy atom. The highest BCUT2D eigenvalue weighted by Gasteiger charge is 2.07. The molecule has 1 rings (SSSR count). The summed E-state index contributed by atoms with van der Waals surface area (Å²) in [6.07, 6.45) is 1.18. The van der Waals surface area contributed by atoms with Gasteiger partial charge in [0.25, 0.3) is 0 Å². The van der Waals surface area contributed by atoms with Gasteiger partial charge in [-0.15, -0.1) is 0 Å². The molecule has 0 aromatic carbocycles. The number of nitrogens with zero attached hydrogens (tertiary/aromatic N) is 1. The van der Waals surface area contributed by atoms with Crippen molar-refractivity contribution in [3.63, 3.8) is 0 Å². The molecule has 0 saturated heterocycles. The molecule has 5 nitrogen and oxygen atoms in total. The molecule has 0 spiro atoms.